The van der Waals surface area contributed by atoms with Gasteiger partial charge in [0.1, 0.15) is 0 Å². The van der Waals surface area contributed by atoms with E-state index in [1.807, 2.05) is 38.1 Å². The minimum atomic E-state index is -0.456. The Labute approximate surface area is 129 Å². The summed E-state index contributed by atoms with van der Waals surface area (Å²) in [6, 6.07) is 10.9. The fraction of sp³-hybridized carbons (Fsp3) is 0.188. The lowest BCUT2D eigenvalue weighted by molar-refractivity contribution is 0.0311. The monoisotopic (exact) mass is 304 g/mol. The van der Waals surface area contributed by atoms with E-state index in [1.54, 1.807) is 12.1 Å². The molecule has 2 aromatic rings. The van der Waals surface area contributed by atoms with Crippen LogP contribution in [0.3, 0.4) is 0 Å². The summed E-state index contributed by atoms with van der Waals surface area (Å²) in [5.41, 5.74) is 6.42. The van der Waals surface area contributed by atoms with E-state index in [9.17, 15) is 4.79 Å². The van der Waals surface area contributed by atoms with Gasteiger partial charge in [-0.05, 0) is 43.2 Å². The summed E-state index contributed by atoms with van der Waals surface area (Å²) in [6.07, 6.45) is 0. The van der Waals surface area contributed by atoms with Gasteiger partial charge in [-0.25, -0.2) is 4.79 Å². The third-order valence-electron chi connectivity index (χ3n) is 3.29. The Balaban J connectivity index is 2.41. The third kappa shape index (κ3) is 3.35. The van der Waals surface area contributed by atoms with E-state index in [1.165, 1.54) is 7.05 Å². The maximum absolute atomic E-state index is 11.9. The Morgan fingerprint density at radius 3 is 2.57 bits per heavy atom. The fourth-order valence-corrected chi connectivity index (χ4v) is 2.24. The Bertz CT molecular complexity index is 671. The molecule has 0 aliphatic rings. The Hall–Kier alpha value is -2.04. The minimum Gasteiger partial charge on any atom is -0.367 e. The number of rotatable bonds is 4. The third-order valence-corrected chi connectivity index (χ3v) is 3.60. The van der Waals surface area contributed by atoms with Crippen molar-refractivity contribution in [3.05, 3.63) is 58.1 Å². The lowest BCUT2D eigenvalue weighted by Crippen LogP contribution is -2.16. The zero-order valence-corrected chi connectivity index (χ0v) is 12.9. The van der Waals surface area contributed by atoms with E-state index < -0.39 is 5.97 Å². The van der Waals surface area contributed by atoms with Gasteiger partial charge in [0.05, 0.1) is 22.0 Å². The molecule has 0 heterocycles. The van der Waals surface area contributed by atoms with Crippen LogP contribution in [0.5, 0.6) is 0 Å². The molecule has 2 rings (SSSR count). The van der Waals surface area contributed by atoms with Gasteiger partial charge < -0.3 is 10.2 Å². The van der Waals surface area contributed by atoms with Gasteiger partial charge in [-0.1, -0.05) is 29.8 Å². The first kappa shape index (κ1) is 15.4. The van der Waals surface area contributed by atoms with Gasteiger partial charge in [0.15, 0.2) is 0 Å². The van der Waals surface area contributed by atoms with E-state index in [0.29, 0.717) is 16.3 Å². The van der Waals surface area contributed by atoms with Crippen LogP contribution in [0.15, 0.2) is 36.4 Å². The SMILES string of the molecule is CNOC(=O)c1ccccc1Nc1c(Cl)ccc(C)c1C. The molecule has 2 aromatic carbocycles. The molecule has 0 unspecified atom stereocenters. The van der Waals surface area contributed by atoms with Crippen molar-refractivity contribution in [2.75, 3.05) is 12.4 Å². The summed E-state index contributed by atoms with van der Waals surface area (Å²) in [4.78, 5) is 16.8. The number of benzene rings is 2. The first-order valence-electron chi connectivity index (χ1n) is 6.54. The standard InChI is InChI=1S/C16H17ClN2O2/c1-10-8-9-13(17)15(11(10)2)19-14-7-5-4-6-12(14)16(20)21-18-3/h4-9,18-19H,1-3H3. The molecule has 0 aliphatic heterocycles. The first-order valence-corrected chi connectivity index (χ1v) is 6.92. The van der Waals surface area contributed by atoms with Crippen LogP contribution in [0.1, 0.15) is 21.5 Å². The summed E-state index contributed by atoms with van der Waals surface area (Å²) >= 11 is 6.25. The molecular formula is C16H17ClN2O2. The smallest absolute Gasteiger partial charge is 0.358 e. The molecular weight excluding hydrogens is 288 g/mol. The molecule has 5 heteroatoms. The summed E-state index contributed by atoms with van der Waals surface area (Å²) in [5, 5.41) is 3.84. The number of carbonyl (C=O) groups is 1. The maximum atomic E-state index is 11.9. The number of nitrogens with one attached hydrogen (secondary N) is 2. The summed E-state index contributed by atoms with van der Waals surface area (Å²) in [7, 11) is 1.54. The van der Waals surface area contributed by atoms with E-state index in [-0.39, 0.29) is 0 Å². The van der Waals surface area contributed by atoms with E-state index in [4.69, 9.17) is 16.4 Å². The molecule has 0 aliphatic carbocycles. The number of para-hydroxylation sites is 1. The van der Waals surface area contributed by atoms with Crippen LogP contribution in [0.4, 0.5) is 11.4 Å². The van der Waals surface area contributed by atoms with E-state index in [2.05, 4.69) is 10.8 Å². The minimum absolute atomic E-state index is 0.434. The van der Waals surface area contributed by atoms with Crippen LogP contribution >= 0.6 is 11.6 Å². The quantitative estimate of drug-likeness (QED) is 0.839. The summed E-state index contributed by atoms with van der Waals surface area (Å²) in [5.74, 6) is -0.456. The van der Waals surface area contributed by atoms with Crippen LogP contribution in [-0.4, -0.2) is 13.0 Å². The fourth-order valence-electron chi connectivity index (χ4n) is 1.99. The van der Waals surface area contributed by atoms with E-state index in [0.717, 1.165) is 16.8 Å². The molecule has 0 fully saturated rings. The van der Waals surface area contributed by atoms with Gasteiger partial charge >= 0.3 is 5.97 Å². The maximum Gasteiger partial charge on any atom is 0.358 e. The highest BCUT2D eigenvalue weighted by Gasteiger charge is 2.14. The van der Waals surface area contributed by atoms with Crippen LogP contribution < -0.4 is 10.8 Å². The number of hydrogen-bond donors (Lipinski definition) is 2. The van der Waals surface area contributed by atoms with Crippen molar-refractivity contribution in [2.24, 2.45) is 0 Å². The highest BCUT2D eigenvalue weighted by atomic mass is 35.5. The van der Waals surface area contributed by atoms with Crippen LogP contribution in [-0.2, 0) is 4.84 Å². The van der Waals surface area contributed by atoms with Crippen molar-refractivity contribution < 1.29 is 9.63 Å². The molecule has 0 spiro atoms. The van der Waals surface area contributed by atoms with Gasteiger partial charge in [-0.2, -0.15) is 5.48 Å². The molecule has 2 N–H and O–H groups in total. The van der Waals surface area contributed by atoms with Crippen LogP contribution in [0.2, 0.25) is 5.02 Å². The summed E-state index contributed by atoms with van der Waals surface area (Å²) in [6.45, 7) is 4.00. The summed E-state index contributed by atoms with van der Waals surface area (Å²) < 4.78 is 0. The highest BCUT2D eigenvalue weighted by Crippen LogP contribution is 2.32. The number of aryl methyl sites for hydroxylation is 1. The highest BCUT2D eigenvalue weighted by molar-refractivity contribution is 6.33. The van der Waals surface area contributed by atoms with Gasteiger partial charge in [0.25, 0.3) is 0 Å². The zero-order chi connectivity index (χ0) is 15.4. The van der Waals surface area contributed by atoms with Crippen LogP contribution in [0, 0.1) is 13.8 Å². The van der Waals surface area contributed by atoms with Crippen molar-refractivity contribution >= 4 is 28.9 Å². The average Bonchev–Trinajstić information content (AvgIpc) is 2.48. The molecule has 4 nitrogen and oxygen atoms in total. The average molecular weight is 305 g/mol. The van der Waals surface area contributed by atoms with Gasteiger partial charge in [0, 0.05) is 7.05 Å². The van der Waals surface area contributed by atoms with Gasteiger partial charge in [-0.15, -0.1) is 0 Å². The molecule has 0 radical (unpaired) electrons. The van der Waals surface area contributed by atoms with E-state index >= 15 is 0 Å². The van der Waals surface area contributed by atoms with Gasteiger partial charge in [-0.3, -0.25) is 0 Å². The molecule has 0 amide bonds. The number of carbonyl (C=O) groups excluding carboxylic acids is 1. The molecule has 0 saturated carbocycles. The number of halogens is 1. The second kappa shape index (κ2) is 6.61. The van der Waals surface area contributed by atoms with Crippen molar-refractivity contribution in [1.29, 1.82) is 0 Å². The predicted molar refractivity (Wildman–Crippen MR) is 85.1 cm³/mol. The predicted octanol–water partition coefficient (Wildman–Crippen LogP) is 3.99. The van der Waals surface area contributed by atoms with Crippen molar-refractivity contribution in [3.8, 4) is 0 Å². The molecule has 0 saturated heterocycles. The molecule has 110 valence electrons. The van der Waals surface area contributed by atoms with Crippen LogP contribution in [0.25, 0.3) is 0 Å². The molecule has 21 heavy (non-hydrogen) atoms. The Morgan fingerprint density at radius 1 is 1.14 bits per heavy atom. The molecule has 0 bridgehead atoms. The molecule has 0 atom stereocenters. The lowest BCUT2D eigenvalue weighted by atomic mass is 10.1. The lowest BCUT2D eigenvalue weighted by Gasteiger charge is -2.15. The zero-order valence-electron chi connectivity index (χ0n) is 12.2. The number of anilines is 2. The molecule has 0 aromatic heterocycles. The first-order chi connectivity index (χ1) is 10.0. The number of hydrogen-bond acceptors (Lipinski definition) is 4. The normalized spacial score (nSPS) is 10.3. The largest absolute Gasteiger partial charge is 0.367 e. The Morgan fingerprint density at radius 2 is 1.86 bits per heavy atom. The second-order valence-electron chi connectivity index (χ2n) is 4.63. The van der Waals surface area contributed by atoms with Gasteiger partial charge in [0.2, 0.25) is 0 Å². The van der Waals surface area contributed by atoms with Crippen molar-refractivity contribution in [2.45, 2.75) is 13.8 Å². The van der Waals surface area contributed by atoms with Crippen molar-refractivity contribution in [1.82, 2.24) is 5.48 Å². The number of hydroxylamine groups is 1. The van der Waals surface area contributed by atoms with Crippen molar-refractivity contribution in [3.63, 3.8) is 0 Å². The topological polar surface area (TPSA) is 50.4 Å². The Kier molecular flexibility index (Phi) is 4.83. The second-order valence-corrected chi connectivity index (χ2v) is 5.04.